The van der Waals surface area contributed by atoms with Gasteiger partial charge in [0.15, 0.2) is 0 Å². The van der Waals surface area contributed by atoms with Crippen LogP contribution in [0, 0.1) is 0 Å². The lowest BCUT2D eigenvalue weighted by Gasteiger charge is -2.16. The van der Waals surface area contributed by atoms with Crippen molar-refractivity contribution in [2.45, 2.75) is 13.0 Å². The molecule has 1 aromatic rings. The number of aliphatic hydroxyl groups excluding tert-OH is 1. The van der Waals surface area contributed by atoms with E-state index in [4.69, 9.17) is 0 Å². The summed E-state index contributed by atoms with van der Waals surface area (Å²) in [5.41, 5.74) is 1.15. The molecule has 0 aromatic heterocycles. The third-order valence-corrected chi connectivity index (χ3v) is 3.13. The van der Waals surface area contributed by atoms with E-state index in [0.29, 0.717) is 0 Å². The summed E-state index contributed by atoms with van der Waals surface area (Å²) in [5, 5.41) is 12.6. The van der Waals surface area contributed by atoms with Gasteiger partial charge in [0.2, 0.25) is 0 Å². The molecular formula is C12H19NOS. The third kappa shape index (κ3) is 4.69. The van der Waals surface area contributed by atoms with Gasteiger partial charge in [-0.3, -0.25) is 0 Å². The Balaban J connectivity index is 2.36. The highest BCUT2D eigenvalue weighted by Crippen LogP contribution is 2.11. The minimum absolute atomic E-state index is 0.0728. The summed E-state index contributed by atoms with van der Waals surface area (Å²) in [7, 11) is 0. The largest absolute Gasteiger partial charge is 0.394 e. The van der Waals surface area contributed by atoms with Crippen LogP contribution in [-0.2, 0) is 0 Å². The Kier molecular flexibility index (Phi) is 6.48. The Hall–Kier alpha value is -0.510. The van der Waals surface area contributed by atoms with Gasteiger partial charge in [-0.1, -0.05) is 37.3 Å². The zero-order chi connectivity index (χ0) is 10.9. The molecule has 0 heterocycles. The first kappa shape index (κ1) is 12.6. The zero-order valence-electron chi connectivity index (χ0n) is 9.15. The maximum absolute atomic E-state index is 9.27. The van der Waals surface area contributed by atoms with Crippen molar-refractivity contribution in [3.8, 4) is 0 Å². The number of hydrogen-bond acceptors (Lipinski definition) is 3. The van der Waals surface area contributed by atoms with E-state index in [9.17, 15) is 5.11 Å². The van der Waals surface area contributed by atoms with E-state index in [2.05, 4.69) is 12.2 Å². The third-order valence-electron chi connectivity index (χ3n) is 2.23. The lowest BCUT2D eigenvalue weighted by atomic mass is 10.1. The van der Waals surface area contributed by atoms with E-state index in [-0.39, 0.29) is 12.6 Å². The maximum Gasteiger partial charge on any atom is 0.0626 e. The minimum atomic E-state index is 0.0728. The molecule has 0 aliphatic rings. The fourth-order valence-corrected chi connectivity index (χ4v) is 1.97. The first-order chi connectivity index (χ1) is 7.38. The van der Waals surface area contributed by atoms with Crippen molar-refractivity contribution in [3.05, 3.63) is 35.9 Å². The van der Waals surface area contributed by atoms with Crippen molar-refractivity contribution in [2.24, 2.45) is 0 Å². The van der Waals surface area contributed by atoms with Gasteiger partial charge in [0.05, 0.1) is 12.6 Å². The van der Waals surface area contributed by atoms with E-state index in [0.717, 1.165) is 23.6 Å². The fourth-order valence-electron chi connectivity index (χ4n) is 1.42. The highest BCUT2D eigenvalue weighted by molar-refractivity contribution is 7.99. The summed E-state index contributed by atoms with van der Waals surface area (Å²) in [5.74, 6) is 2.25. The standard InChI is InChI=1S/C12H19NOS/c1-2-15-9-8-13-12(10-14)11-6-4-3-5-7-11/h3-7,12-14H,2,8-10H2,1H3. The second kappa shape index (κ2) is 7.74. The molecule has 2 N–H and O–H groups in total. The fraction of sp³-hybridized carbons (Fsp3) is 0.500. The minimum Gasteiger partial charge on any atom is -0.394 e. The van der Waals surface area contributed by atoms with E-state index in [1.807, 2.05) is 42.1 Å². The van der Waals surface area contributed by atoms with Crippen LogP contribution in [0.1, 0.15) is 18.5 Å². The molecule has 15 heavy (non-hydrogen) atoms. The summed E-state index contributed by atoms with van der Waals surface area (Å²) in [6.07, 6.45) is 0. The summed E-state index contributed by atoms with van der Waals surface area (Å²) in [4.78, 5) is 0. The molecule has 0 amide bonds. The molecule has 1 atom stereocenters. The first-order valence-electron chi connectivity index (χ1n) is 5.35. The van der Waals surface area contributed by atoms with Crippen LogP contribution in [0.5, 0.6) is 0 Å². The smallest absolute Gasteiger partial charge is 0.0626 e. The molecule has 84 valence electrons. The molecule has 0 aliphatic heterocycles. The predicted molar refractivity (Wildman–Crippen MR) is 67.3 cm³/mol. The van der Waals surface area contributed by atoms with Gasteiger partial charge in [-0.15, -0.1) is 0 Å². The highest BCUT2D eigenvalue weighted by Gasteiger charge is 2.07. The van der Waals surface area contributed by atoms with E-state index >= 15 is 0 Å². The highest BCUT2D eigenvalue weighted by atomic mass is 32.2. The second-order valence-corrected chi connectivity index (χ2v) is 4.69. The quantitative estimate of drug-likeness (QED) is 0.697. The normalized spacial score (nSPS) is 12.7. The van der Waals surface area contributed by atoms with E-state index in [1.54, 1.807) is 0 Å². The van der Waals surface area contributed by atoms with Gasteiger partial charge >= 0.3 is 0 Å². The lowest BCUT2D eigenvalue weighted by molar-refractivity contribution is 0.246. The van der Waals surface area contributed by atoms with Crippen LogP contribution in [0.4, 0.5) is 0 Å². The molecule has 0 aliphatic carbocycles. The molecule has 0 saturated carbocycles. The average Bonchev–Trinajstić information content (AvgIpc) is 2.30. The van der Waals surface area contributed by atoms with E-state index in [1.165, 1.54) is 0 Å². The Morgan fingerprint density at radius 2 is 2.07 bits per heavy atom. The van der Waals surface area contributed by atoms with Gasteiger partial charge in [-0.2, -0.15) is 11.8 Å². The van der Waals surface area contributed by atoms with Crippen LogP contribution in [-0.4, -0.2) is 29.8 Å². The molecule has 1 rings (SSSR count). The molecule has 2 nitrogen and oxygen atoms in total. The van der Waals surface area contributed by atoms with Crippen LogP contribution in [0.3, 0.4) is 0 Å². The van der Waals surface area contributed by atoms with Gasteiger partial charge in [0.1, 0.15) is 0 Å². The number of thioether (sulfide) groups is 1. The Morgan fingerprint density at radius 3 is 2.67 bits per heavy atom. The summed E-state index contributed by atoms with van der Waals surface area (Å²) in [6.45, 7) is 3.25. The molecule has 0 radical (unpaired) electrons. The van der Waals surface area contributed by atoms with Gasteiger partial charge in [-0.05, 0) is 11.3 Å². The number of nitrogens with one attached hydrogen (secondary N) is 1. The molecule has 1 aromatic carbocycles. The monoisotopic (exact) mass is 225 g/mol. The first-order valence-corrected chi connectivity index (χ1v) is 6.51. The second-order valence-electron chi connectivity index (χ2n) is 3.30. The molecule has 1 unspecified atom stereocenters. The predicted octanol–water partition coefficient (Wildman–Crippen LogP) is 2.06. The van der Waals surface area contributed by atoms with Gasteiger partial charge < -0.3 is 10.4 Å². The Morgan fingerprint density at radius 1 is 1.33 bits per heavy atom. The van der Waals surface area contributed by atoms with Crippen molar-refractivity contribution in [3.63, 3.8) is 0 Å². The topological polar surface area (TPSA) is 32.3 Å². The molecule has 0 fully saturated rings. The van der Waals surface area contributed by atoms with Crippen molar-refractivity contribution in [2.75, 3.05) is 24.7 Å². The average molecular weight is 225 g/mol. The number of rotatable bonds is 7. The van der Waals surface area contributed by atoms with Crippen molar-refractivity contribution >= 4 is 11.8 Å². The lowest BCUT2D eigenvalue weighted by Crippen LogP contribution is -2.26. The van der Waals surface area contributed by atoms with Crippen LogP contribution in [0.15, 0.2) is 30.3 Å². The van der Waals surface area contributed by atoms with Crippen LogP contribution >= 0.6 is 11.8 Å². The van der Waals surface area contributed by atoms with Gasteiger partial charge in [0, 0.05) is 12.3 Å². The summed E-state index contributed by atoms with van der Waals surface area (Å²) in [6, 6.07) is 10.1. The van der Waals surface area contributed by atoms with Gasteiger partial charge in [0.25, 0.3) is 0 Å². The number of benzene rings is 1. The van der Waals surface area contributed by atoms with Crippen molar-refractivity contribution in [1.29, 1.82) is 0 Å². The van der Waals surface area contributed by atoms with Gasteiger partial charge in [-0.25, -0.2) is 0 Å². The summed E-state index contributed by atoms with van der Waals surface area (Å²) >= 11 is 1.91. The molecule has 3 heteroatoms. The van der Waals surface area contributed by atoms with Crippen molar-refractivity contribution in [1.82, 2.24) is 5.32 Å². The van der Waals surface area contributed by atoms with E-state index < -0.39 is 0 Å². The molecular weight excluding hydrogens is 206 g/mol. The van der Waals surface area contributed by atoms with Crippen LogP contribution in [0.2, 0.25) is 0 Å². The molecule has 0 bridgehead atoms. The Labute approximate surface area is 96.1 Å². The Bertz CT molecular complexity index is 253. The zero-order valence-corrected chi connectivity index (χ0v) is 9.96. The van der Waals surface area contributed by atoms with Crippen LogP contribution in [0.25, 0.3) is 0 Å². The van der Waals surface area contributed by atoms with Crippen LogP contribution < -0.4 is 5.32 Å². The molecule has 0 spiro atoms. The number of aliphatic hydroxyl groups is 1. The summed E-state index contributed by atoms with van der Waals surface area (Å²) < 4.78 is 0. The SMILES string of the molecule is CCSCCNC(CO)c1ccccc1. The number of hydrogen-bond donors (Lipinski definition) is 2. The maximum atomic E-state index is 9.27. The molecule has 0 saturated heterocycles. The van der Waals surface area contributed by atoms with Crippen molar-refractivity contribution < 1.29 is 5.11 Å².